The summed E-state index contributed by atoms with van der Waals surface area (Å²) in [4.78, 5) is 10.6. The van der Waals surface area contributed by atoms with Crippen LogP contribution in [-0.4, -0.2) is 22.8 Å². The average Bonchev–Trinajstić information content (AvgIpc) is 2.29. The van der Waals surface area contributed by atoms with Gasteiger partial charge in [0.15, 0.2) is 0 Å². The summed E-state index contributed by atoms with van der Waals surface area (Å²) in [6.45, 7) is 0.271. The molecule has 0 aliphatic rings. The van der Waals surface area contributed by atoms with Crippen molar-refractivity contribution in [3.63, 3.8) is 0 Å². The fourth-order valence-electron chi connectivity index (χ4n) is 1.61. The van der Waals surface area contributed by atoms with Crippen molar-refractivity contribution in [2.45, 2.75) is 32.1 Å². The van der Waals surface area contributed by atoms with Gasteiger partial charge in [-0.1, -0.05) is 25.0 Å². The van der Waals surface area contributed by atoms with Crippen LogP contribution in [0.2, 0.25) is 0 Å². The molecule has 3 heteroatoms. The molecule has 0 aromatic heterocycles. The van der Waals surface area contributed by atoms with Crippen molar-refractivity contribution in [1.29, 1.82) is 0 Å². The number of hydrogen-bond acceptors (Lipinski definition) is 2. The molecule has 0 aliphatic carbocycles. The lowest BCUT2D eigenvalue weighted by Crippen LogP contribution is -1.96. The van der Waals surface area contributed by atoms with E-state index in [0.717, 1.165) is 32.1 Å². The lowest BCUT2D eigenvalue weighted by Gasteiger charge is -2.02. The normalized spacial score (nSPS) is 10.3. The predicted octanol–water partition coefficient (Wildman–Crippen LogP) is 2.48. The summed E-state index contributed by atoms with van der Waals surface area (Å²) in [6.07, 6.45) is 5.11. The summed E-state index contributed by atoms with van der Waals surface area (Å²) in [5.41, 5.74) is 1.51. The number of rotatable bonds is 7. The number of hydrogen-bond donors (Lipinski definition) is 2. The number of aromatic carboxylic acids is 1. The fraction of sp³-hybridized carbons (Fsp3) is 0.462. The monoisotopic (exact) mass is 222 g/mol. The van der Waals surface area contributed by atoms with E-state index in [0.29, 0.717) is 5.56 Å². The second-order valence-electron chi connectivity index (χ2n) is 3.89. The molecular weight excluding hydrogens is 204 g/mol. The minimum absolute atomic E-state index is 0.271. The summed E-state index contributed by atoms with van der Waals surface area (Å²) in [5, 5.41) is 17.3. The van der Waals surface area contributed by atoms with Gasteiger partial charge in [0.05, 0.1) is 5.56 Å². The maximum Gasteiger partial charge on any atom is 0.335 e. The zero-order chi connectivity index (χ0) is 11.8. The van der Waals surface area contributed by atoms with E-state index in [9.17, 15) is 4.79 Å². The SMILES string of the molecule is O=C(O)c1ccc(CCCCCCO)cc1. The molecule has 0 heterocycles. The first kappa shape index (κ1) is 12.7. The molecule has 88 valence electrons. The van der Waals surface area contributed by atoms with Crippen LogP contribution in [0.1, 0.15) is 41.6 Å². The minimum atomic E-state index is -0.880. The van der Waals surface area contributed by atoms with Gasteiger partial charge in [-0.05, 0) is 37.0 Å². The number of carboxylic acids is 1. The number of benzene rings is 1. The fourth-order valence-corrected chi connectivity index (χ4v) is 1.61. The quantitative estimate of drug-likeness (QED) is 0.697. The molecule has 0 radical (unpaired) electrons. The molecule has 3 nitrogen and oxygen atoms in total. The highest BCUT2D eigenvalue weighted by atomic mass is 16.4. The first-order valence-electron chi connectivity index (χ1n) is 5.67. The number of unbranched alkanes of at least 4 members (excludes halogenated alkanes) is 3. The van der Waals surface area contributed by atoms with Crippen LogP contribution < -0.4 is 0 Å². The van der Waals surface area contributed by atoms with Crippen molar-refractivity contribution in [1.82, 2.24) is 0 Å². The van der Waals surface area contributed by atoms with Crippen molar-refractivity contribution < 1.29 is 15.0 Å². The molecule has 1 rings (SSSR count). The van der Waals surface area contributed by atoms with Crippen LogP contribution in [-0.2, 0) is 6.42 Å². The Balaban J connectivity index is 2.29. The van der Waals surface area contributed by atoms with E-state index in [1.165, 1.54) is 5.56 Å². The lowest BCUT2D eigenvalue weighted by molar-refractivity contribution is 0.0697. The second-order valence-corrected chi connectivity index (χ2v) is 3.89. The van der Waals surface area contributed by atoms with Gasteiger partial charge in [-0.25, -0.2) is 4.79 Å². The van der Waals surface area contributed by atoms with E-state index in [4.69, 9.17) is 10.2 Å². The Morgan fingerprint density at radius 2 is 1.62 bits per heavy atom. The number of aliphatic hydroxyl groups excluding tert-OH is 1. The summed E-state index contributed by atoms with van der Waals surface area (Å²) in [6, 6.07) is 7.03. The number of carbonyl (C=O) groups is 1. The van der Waals surface area contributed by atoms with Crippen LogP contribution in [0.3, 0.4) is 0 Å². The molecule has 0 atom stereocenters. The summed E-state index contributed by atoms with van der Waals surface area (Å²) < 4.78 is 0. The zero-order valence-corrected chi connectivity index (χ0v) is 9.35. The van der Waals surface area contributed by atoms with E-state index in [1.807, 2.05) is 12.1 Å². The Morgan fingerprint density at radius 1 is 1.00 bits per heavy atom. The minimum Gasteiger partial charge on any atom is -0.478 e. The lowest BCUT2D eigenvalue weighted by atomic mass is 10.0. The van der Waals surface area contributed by atoms with Crippen LogP contribution in [0.25, 0.3) is 0 Å². The van der Waals surface area contributed by atoms with Crippen LogP contribution in [0.4, 0.5) is 0 Å². The predicted molar refractivity (Wildman–Crippen MR) is 62.7 cm³/mol. The van der Waals surface area contributed by atoms with Crippen molar-refractivity contribution in [2.75, 3.05) is 6.61 Å². The van der Waals surface area contributed by atoms with Gasteiger partial charge in [-0.2, -0.15) is 0 Å². The molecule has 2 N–H and O–H groups in total. The molecule has 0 fully saturated rings. The van der Waals surface area contributed by atoms with Crippen molar-refractivity contribution in [3.05, 3.63) is 35.4 Å². The average molecular weight is 222 g/mol. The Hall–Kier alpha value is -1.35. The van der Waals surface area contributed by atoms with Gasteiger partial charge in [0.1, 0.15) is 0 Å². The van der Waals surface area contributed by atoms with Gasteiger partial charge in [0, 0.05) is 6.61 Å². The van der Waals surface area contributed by atoms with Gasteiger partial charge in [0.25, 0.3) is 0 Å². The molecule has 0 saturated heterocycles. The van der Waals surface area contributed by atoms with E-state index < -0.39 is 5.97 Å². The van der Waals surface area contributed by atoms with E-state index in [-0.39, 0.29) is 6.61 Å². The molecule has 1 aromatic carbocycles. The van der Waals surface area contributed by atoms with Gasteiger partial charge < -0.3 is 10.2 Å². The summed E-state index contributed by atoms with van der Waals surface area (Å²) >= 11 is 0. The molecular formula is C13H18O3. The summed E-state index contributed by atoms with van der Waals surface area (Å²) in [7, 11) is 0. The Labute approximate surface area is 95.7 Å². The molecule has 1 aromatic rings. The molecule has 0 bridgehead atoms. The maximum absolute atomic E-state index is 10.6. The smallest absolute Gasteiger partial charge is 0.335 e. The number of aryl methyl sites for hydroxylation is 1. The standard InChI is InChI=1S/C13H18O3/c14-10-4-2-1-3-5-11-6-8-12(9-7-11)13(15)16/h6-9,14H,1-5,10H2,(H,15,16). The first-order chi connectivity index (χ1) is 7.74. The van der Waals surface area contributed by atoms with E-state index >= 15 is 0 Å². The largest absolute Gasteiger partial charge is 0.478 e. The molecule has 0 saturated carbocycles. The van der Waals surface area contributed by atoms with Crippen LogP contribution in [0.5, 0.6) is 0 Å². The third-order valence-corrected chi connectivity index (χ3v) is 2.57. The second kappa shape index (κ2) is 7.01. The van der Waals surface area contributed by atoms with Crippen LogP contribution in [0, 0.1) is 0 Å². The molecule has 0 amide bonds. The van der Waals surface area contributed by atoms with Gasteiger partial charge in [0.2, 0.25) is 0 Å². The topological polar surface area (TPSA) is 57.5 Å². The van der Waals surface area contributed by atoms with Crippen molar-refractivity contribution >= 4 is 5.97 Å². The Kier molecular flexibility index (Phi) is 5.57. The maximum atomic E-state index is 10.6. The van der Waals surface area contributed by atoms with Crippen LogP contribution in [0.15, 0.2) is 24.3 Å². The van der Waals surface area contributed by atoms with Crippen LogP contribution >= 0.6 is 0 Å². The molecule has 16 heavy (non-hydrogen) atoms. The Bertz CT molecular complexity index is 316. The zero-order valence-electron chi connectivity index (χ0n) is 9.35. The van der Waals surface area contributed by atoms with Gasteiger partial charge in [-0.15, -0.1) is 0 Å². The number of aliphatic hydroxyl groups is 1. The number of carboxylic acid groups (broad SMARTS) is 1. The third kappa shape index (κ3) is 4.45. The molecule has 0 unspecified atom stereocenters. The van der Waals surface area contributed by atoms with Gasteiger partial charge >= 0.3 is 5.97 Å². The van der Waals surface area contributed by atoms with E-state index in [2.05, 4.69) is 0 Å². The van der Waals surface area contributed by atoms with Crippen molar-refractivity contribution in [2.24, 2.45) is 0 Å². The highest BCUT2D eigenvalue weighted by Crippen LogP contribution is 2.09. The third-order valence-electron chi connectivity index (χ3n) is 2.57. The highest BCUT2D eigenvalue weighted by Gasteiger charge is 2.01. The van der Waals surface area contributed by atoms with Crippen molar-refractivity contribution in [3.8, 4) is 0 Å². The van der Waals surface area contributed by atoms with E-state index in [1.54, 1.807) is 12.1 Å². The molecule has 0 aliphatic heterocycles. The summed E-state index contributed by atoms with van der Waals surface area (Å²) in [5.74, 6) is -0.880. The first-order valence-corrected chi connectivity index (χ1v) is 5.67. The molecule has 0 spiro atoms. The Morgan fingerprint density at radius 3 is 2.19 bits per heavy atom. The highest BCUT2D eigenvalue weighted by molar-refractivity contribution is 5.87. The van der Waals surface area contributed by atoms with Gasteiger partial charge in [-0.3, -0.25) is 0 Å².